The second kappa shape index (κ2) is 6.89. The lowest BCUT2D eigenvalue weighted by Crippen LogP contribution is -2.15. The number of nitrogens with zero attached hydrogens (tertiary/aromatic N) is 2. The molecule has 0 aliphatic rings. The van der Waals surface area contributed by atoms with Gasteiger partial charge in [0.1, 0.15) is 0 Å². The van der Waals surface area contributed by atoms with Crippen molar-refractivity contribution in [1.29, 1.82) is 0 Å². The minimum atomic E-state index is -0.828. The summed E-state index contributed by atoms with van der Waals surface area (Å²) in [5.74, 6) is -1.41. The van der Waals surface area contributed by atoms with Gasteiger partial charge in [-0.25, -0.2) is 0 Å². The summed E-state index contributed by atoms with van der Waals surface area (Å²) in [5, 5.41) is 14.0. The van der Waals surface area contributed by atoms with Crippen LogP contribution in [0.2, 0.25) is 0 Å². The monoisotopic (exact) mass is 350 g/mol. The molecule has 21 heavy (non-hydrogen) atoms. The van der Waals surface area contributed by atoms with Crippen molar-refractivity contribution in [2.75, 3.05) is 0 Å². The average Bonchev–Trinajstić information content (AvgIpc) is 2.92. The molecule has 5 heteroatoms. The van der Waals surface area contributed by atoms with E-state index in [4.69, 9.17) is 0 Å². The standard InChI is InChI=1S/C16H19BrN2O2/c1-3-11(2)19-8-7-14(18-19)10-15(16(20)21)12-5-4-6-13(17)9-12/h4-9,11,15H,3,10H2,1-2H3,(H,20,21). The van der Waals surface area contributed by atoms with Crippen molar-refractivity contribution in [1.82, 2.24) is 9.78 Å². The van der Waals surface area contributed by atoms with Crippen molar-refractivity contribution >= 4 is 21.9 Å². The smallest absolute Gasteiger partial charge is 0.311 e. The van der Waals surface area contributed by atoms with Crippen molar-refractivity contribution in [2.24, 2.45) is 0 Å². The molecule has 0 saturated heterocycles. The molecule has 2 unspecified atom stereocenters. The predicted octanol–water partition coefficient (Wildman–Crippen LogP) is 4.03. The first kappa shape index (κ1) is 15.8. The molecule has 0 radical (unpaired) electrons. The number of rotatable bonds is 6. The SMILES string of the molecule is CCC(C)n1ccc(CC(C(=O)O)c2cccc(Br)c2)n1. The normalized spacial score (nSPS) is 13.9. The Morgan fingerprint density at radius 3 is 2.81 bits per heavy atom. The minimum Gasteiger partial charge on any atom is -0.481 e. The van der Waals surface area contributed by atoms with Gasteiger partial charge in [-0.15, -0.1) is 0 Å². The van der Waals surface area contributed by atoms with Gasteiger partial charge < -0.3 is 5.11 Å². The lowest BCUT2D eigenvalue weighted by Gasteiger charge is -2.12. The number of carbonyl (C=O) groups is 1. The van der Waals surface area contributed by atoms with Gasteiger partial charge >= 0.3 is 5.97 Å². The topological polar surface area (TPSA) is 55.1 Å². The van der Waals surface area contributed by atoms with Crippen LogP contribution >= 0.6 is 15.9 Å². The Hall–Kier alpha value is -1.62. The maximum absolute atomic E-state index is 11.6. The average molecular weight is 351 g/mol. The van der Waals surface area contributed by atoms with Crippen LogP contribution in [0.3, 0.4) is 0 Å². The van der Waals surface area contributed by atoms with Gasteiger partial charge in [0.05, 0.1) is 11.6 Å². The van der Waals surface area contributed by atoms with Crippen LogP contribution in [0.25, 0.3) is 0 Å². The summed E-state index contributed by atoms with van der Waals surface area (Å²) in [7, 11) is 0. The Bertz CT molecular complexity index is 624. The highest BCUT2D eigenvalue weighted by Crippen LogP contribution is 2.24. The highest BCUT2D eigenvalue weighted by atomic mass is 79.9. The van der Waals surface area contributed by atoms with Gasteiger partial charge in [-0.1, -0.05) is 35.0 Å². The van der Waals surface area contributed by atoms with Crippen LogP contribution in [-0.2, 0) is 11.2 Å². The molecule has 0 saturated carbocycles. The molecule has 1 aromatic heterocycles. The van der Waals surface area contributed by atoms with Crippen LogP contribution in [0.1, 0.15) is 43.5 Å². The lowest BCUT2D eigenvalue weighted by molar-refractivity contribution is -0.138. The van der Waals surface area contributed by atoms with E-state index in [1.807, 2.05) is 41.2 Å². The molecular weight excluding hydrogens is 332 g/mol. The van der Waals surface area contributed by atoms with Gasteiger partial charge in [0.25, 0.3) is 0 Å². The third kappa shape index (κ3) is 3.94. The number of halogens is 1. The Labute approximate surface area is 132 Å². The third-order valence-electron chi connectivity index (χ3n) is 3.67. The predicted molar refractivity (Wildman–Crippen MR) is 85.5 cm³/mol. The van der Waals surface area contributed by atoms with Crippen LogP contribution in [0.4, 0.5) is 0 Å². The highest BCUT2D eigenvalue weighted by Gasteiger charge is 2.22. The van der Waals surface area contributed by atoms with Crippen molar-refractivity contribution in [2.45, 2.75) is 38.6 Å². The molecule has 1 heterocycles. The van der Waals surface area contributed by atoms with E-state index in [0.717, 1.165) is 22.2 Å². The largest absolute Gasteiger partial charge is 0.481 e. The van der Waals surface area contributed by atoms with Crippen molar-refractivity contribution in [3.63, 3.8) is 0 Å². The van der Waals surface area contributed by atoms with Crippen molar-refractivity contribution < 1.29 is 9.90 Å². The number of benzene rings is 1. The van der Waals surface area contributed by atoms with Crippen LogP contribution < -0.4 is 0 Å². The number of carboxylic acids is 1. The Morgan fingerprint density at radius 1 is 1.43 bits per heavy atom. The third-order valence-corrected chi connectivity index (χ3v) is 4.16. The maximum Gasteiger partial charge on any atom is 0.311 e. The summed E-state index contributed by atoms with van der Waals surface area (Å²) >= 11 is 3.38. The van der Waals surface area contributed by atoms with E-state index in [0.29, 0.717) is 12.5 Å². The minimum absolute atomic E-state index is 0.327. The van der Waals surface area contributed by atoms with Crippen molar-refractivity contribution in [3.05, 3.63) is 52.3 Å². The molecule has 1 aromatic carbocycles. The number of carboxylic acid groups (broad SMARTS) is 1. The summed E-state index contributed by atoms with van der Waals surface area (Å²) in [4.78, 5) is 11.6. The van der Waals surface area contributed by atoms with Crippen LogP contribution in [-0.4, -0.2) is 20.9 Å². The lowest BCUT2D eigenvalue weighted by atomic mass is 9.94. The van der Waals surface area contributed by atoms with E-state index in [9.17, 15) is 9.90 Å². The molecule has 2 rings (SSSR count). The molecule has 1 N–H and O–H groups in total. The molecule has 0 aliphatic heterocycles. The quantitative estimate of drug-likeness (QED) is 0.855. The maximum atomic E-state index is 11.6. The fraction of sp³-hybridized carbons (Fsp3) is 0.375. The van der Waals surface area contributed by atoms with E-state index in [1.165, 1.54) is 0 Å². The van der Waals surface area contributed by atoms with E-state index < -0.39 is 11.9 Å². The molecule has 2 aromatic rings. The van der Waals surface area contributed by atoms with Crippen LogP contribution in [0.15, 0.2) is 41.0 Å². The molecule has 112 valence electrons. The summed E-state index contributed by atoms with van der Waals surface area (Å²) in [5.41, 5.74) is 1.60. The zero-order chi connectivity index (χ0) is 15.4. The molecule has 2 atom stereocenters. The highest BCUT2D eigenvalue weighted by molar-refractivity contribution is 9.10. The van der Waals surface area contributed by atoms with Crippen molar-refractivity contribution in [3.8, 4) is 0 Å². The molecule has 0 aliphatic carbocycles. The zero-order valence-electron chi connectivity index (χ0n) is 12.2. The summed E-state index contributed by atoms with van der Waals surface area (Å²) in [6.07, 6.45) is 3.31. The number of hydrogen-bond donors (Lipinski definition) is 1. The second-order valence-corrected chi connectivity index (χ2v) is 6.11. The van der Waals surface area contributed by atoms with E-state index in [-0.39, 0.29) is 0 Å². The zero-order valence-corrected chi connectivity index (χ0v) is 13.7. The summed E-state index contributed by atoms with van der Waals surface area (Å²) in [6, 6.07) is 9.67. The van der Waals surface area contributed by atoms with Gasteiger partial charge in [0.15, 0.2) is 0 Å². The molecule has 0 fully saturated rings. The van der Waals surface area contributed by atoms with E-state index >= 15 is 0 Å². The van der Waals surface area contributed by atoms with Gasteiger partial charge in [0.2, 0.25) is 0 Å². The molecule has 0 amide bonds. The molecule has 0 spiro atoms. The molecule has 0 bridgehead atoms. The Balaban J connectivity index is 2.21. The first-order valence-electron chi connectivity index (χ1n) is 7.03. The van der Waals surface area contributed by atoms with Gasteiger partial charge in [-0.2, -0.15) is 5.10 Å². The summed E-state index contributed by atoms with van der Waals surface area (Å²) in [6.45, 7) is 4.20. The molecule has 4 nitrogen and oxygen atoms in total. The molecular formula is C16H19BrN2O2. The first-order valence-corrected chi connectivity index (χ1v) is 7.82. The fourth-order valence-electron chi connectivity index (χ4n) is 2.20. The van der Waals surface area contributed by atoms with Gasteiger partial charge in [-0.05, 0) is 37.1 Å². The number of hydrogen-bond acceptors (Lipinski definition) is 2. The van der Waals surface area contributed by atoms with Gasteiger partial charge in [0, 0.05) is 23.1 Å². The number of aromatic nitrogens is 2. The number of aliphatic carboxylic acids is 1. The Morgan fingerprint density at radius 2 is 2.19 bits per heavy atom. The fourth-order valence-corrected chi connectivity index (χ4v) is 2.62. The van der Waals surface area contributed by atoms with Gasteiger partial charge in [-0.3, -0.25) is 9.48 Å². The van der Waals surface area contributed by atoms with Crippen LogP contribution in [0.5, 0.6) is 0 Å². The Kier molecular flexibility index (Phi) is 5.17. The second-order valence-electron chi connectivity index (χ2n) is 5.19. The van der Waals surface area contributed by atoms with E-state index in [2.05, 4.69) is 34.9 Å². The first-order chi connectivity index (χ1) is 10.0. The van der Waals surface area contributed by atoms with Crippen LogP contribution in [0, 0.1) is 0 Å². The summed E-state index contributed by atoms with van der Waals surface area (Å²) < 4.78 is 2.78. The van der Waals surface area contributed by atoms with E-state index in [1.54, 1.807) is 0 Å².